The molecule has 0 saturated heterocycles. The van der Waals surface area contributed by atoms with E-state index in [2.05, 4.69) is 11.4 Å². The predicted molar refractivity (Wildman–Crippen MR) is 76.0 cm³/mol. The smallest absolute Gasteiger partial charge is 0.123 e. The van der Waals surface area contributed by atoms with Crippen molar-refractivity contribution in [1.82, 2.24) is 5.32 Å². The third kappa shape index (κ3) is 2.20. The molecule has 3 heteroatoms. The molecule has 1 aliphatic heterocycles. The molecule has 0 radical (unpaired) electrons. The summed E-state index contributed by atoms with van der Waals surface area (Å²) in [5, 5.41) is 3.56. The molecule has 1 aliphatic carbocycles. The fraction of sp³-hybridized carbons (Fsp3) is 0.625. The van der Waals surface area contributed by atoms with Crippen molar-refractivity contribution >= 4 is 0 Å². The summed E-state index contributed by atoms with van der Waals surface area (Å²) >= 11 is 0. The first-order valence-electron chi connectivity index (χ1n) is 7.29. The van der Waals surface area contributed by atoms with Gasteiger partial charge >= 0.3 is 0 Å². The van der Waals surface area contributed by atoms with Crippen LogP contribution < -0.4 is 14.8 Å². The third-order valence-corrected chi connectivity index (χ3v) is 4.72. The van der Waals surface area contributed by atoms with Crippen molar-refractivity contribution in [2.45, 2.75) is 38.1 Å². The molecule has 104 valence electrons. The largest absolute Gasteiger partial charge is 0.496 e. The van der Waals surface area contributed by atoms with Gasteiger partial charge in [-0.2, -0.15) is 0 Å². The maximum atomic E-state index is 5.62. The molecule has 0 aromatic heterocycles. The van der Waals surface area contributed by atoms with Crippen molar-refractivity contribution in [3.05, 3.63) is 23.3 Å². The first-order valence-corrected chi connectivity index (χ1v) is 7.29. The molecule has 0 bridgehead atoms. The lowest BCUT2D eigenvalue weighted by Gasteiger charge is -2.33. The number of rotatable bonds is 3. The van der Waals surface area contributed by atoms with Crippen LogP contribution in [0.15, 0.2) is 12.1 Å². The Bertz CT molecular complexity index is 452. The molecule has 1 aromatic carbocycles. The first-order chi connectivity index (χ1) is 9.35. The van der Waals surface area contributed by atoms with Gasteiger partial charge in [0.2, 0.25) is 0 Å². The molecule has 0 spiro atoms. The Labute approximate surface area is 115 Å². The molecule has 1 N–H and O–H groups in total. The number of hydrogen-bond donors (Lipinski definition) is 1. The second-order valence-electron chi connectivity index (χ2n) is 5.64. The predicted octanol–water partition coefficient (Wildman–Crippen LogP) is 3.08. The average Bonchev–Trinajstić information content (AvgIpc) is 2.99. The van der Waals surface area contributed by atoms with E-state index in [1.54, 1.807) is 14.2 Å². The van der Waals surface area contributed by atoms with Gasteiger partial charge in [0.05, 0.1) is 14.2 Å². The summed E-state index contributed by atoms with van der Waals surface area (Å²) in [6.45, 7) is 1.96. The van der Waals surface area contributed by atoms with Gasteiger partial charge in [-0.1, -0.05) is 12.8 Å². The quantitative estimate of drug-likeness (QED) is 0.907. The van der Waals surface area contributed by atoms with Crippen molar-refractivity contribution in [1.29, 1.82) is 0 Å². The molecule has 3 rings (SSSR count). The van der Waals surface area contributed by atoms with Gasteiger partial charge in [-0.3, -0.25) is 0 Å². The first kappa shape index (κ1) is 12.8. The van der Waals surface area contributed by atoms with Gasteiger partial charge in [-0.15, -0.1) is 0 Å². The van der Waals surface area contributed by atoms with Gasteiger partial charge < -0.3 is 14.8 Å². The van der Waals surface area contributed by atoms with E-state index in [1.807, 2.05) is 6.07 Å². The van der Waals surface area contributed by atoms with Crippen LogP contribution in [0.4, 0.5) is 0 Å². The lowest BCUT2D eigenvalue weighted by molar-refractivity contribution is 0.346. The van der Waals surface area contributed by atoms with Gasteiger partial charge in [0.15, 0.2) is 0 Å². The van der Waals surface area contributed by atoms with Gasteiger partial charge in [-0.25, -0.2) is 0 Å². The van der Waals surface area contributed by atoms with E-state index in [9.17, 15) is 0 Å². The second-order valence-corrected chi connectivity index (χ2v) is 5.64. The summed E-state index contributed by atoms with van der Waals surface area (Å²) < 4.78 is 11.1. The minimum absolute atomic E-state index is 0.580. The number of fused-ring (bicyclic) bond motifs is 1. The lowest BCUT2D eigenvalue weighted by Crippen LogP contribution is -2.32. The van der Waals surface area contributed by atoms with Crippen molar-refractivity contribution < 1.29 is 9.47 Å². The maximum Gasteiger partial charge on any atom is 0.123 e. The highest BCUT2D eigenvalue weighted by Gasteiger charge is 2.33. The van der Waals surface area contributed by atoms with Gasteiger partial charge in [0, 0.05) is 30.1 Å². The highest BCUT2D eigenvalue weighted by atomic mass is 16.5. The summed E-state index contributed by atoms with van der Waals surface area (Å²) in [4.78, 5) is 0. The molecule has 1 atom stereocenters. The molecule has 1 saturated carbocycles. The lowest BCUT2D eigenvalue weighted by atomic mass is 9.79. The molecule has 1 unspecified atom stereocenters. The highest BCUT2D eigenvalue weighted by Crippen LogP contribution is 2.45. The number of hydrogen-bond acceptors (Lipinski definition) is 3. The van der Waals surface area contributed by atoms with Gasteiger partial charge in [0.25, 0.3) is 0 Å². The van der Waals surface area contributed by atoms with Gasteiger partial charge in [-0.05, 0) is 30.9 Å². The molecule has 2 aliphatic rings. The maximum absolute atomic E-state index is 5.62. The number of benzene rings is 1. The second kappa shape index (κ2) is 5.41. The minimum atomic E-state index is 0.580. The molecular formula is C16H23NO2. The fourth-order valence-electron chi connectivity index (χ4n) is 3.80. The van der Waals surface area contributed by atoms with Crippen molar-refractivity contribution in [3.63, 3.8) is 0 Å². The van der Waals surface area contributed by atoms with Crippen LogP contribution >= 0.6 is 0 Å². The van der Waals surface area contributed by atoms with Crippen molar-refractivity contribution in [2.75, 3.05) is 20.8 Å². The molecule has 19 heavy (non-hydrogen) atoms. The van der Waals surface area contributed by atoms with E-state index in [-0.39, 0.29) is 0 Å². The normalized spacial score (nSPS) is 23.2. The van der Waals surface area contributed by atoms with E-state index in [4.69, 9.17) is 9.47 Å². The Morgan fingerprint density at radius 3 is 2.42 bits per heavy atom. The van der Waals surface area contributed by atoms with Crippen LogP contribution in [-0.4, -0.2) is 20.8 Å². The highest BCUT2D eigenvalue weighted by molar-refractivity contribution is 5.52. The van der Waals surface area contributed by atoms with Crippen LogP contribution in [-0.2, 0) is 6.54 Å². The molecule has 3 nitrogen and oxygen atoms in total. The summed E-state index contributed by atoms with van der Waals surface area (Å²) in [5.74, 6) is 3.41. The summed E-state index contributed by atoms with van der Waals surface area (Å²) in [6, 6.07) is 4.08. The fourth-order valence-corrected chi connectivity index (χ4v) is 3.80. The zero-order valence-corrected chi connectivity index (χ0v) is 11.9. The van der Waals surface area contributed by atoms with Crippen LogP contribution in [0.3, 0.4) is 0 Å². The van der Waals surface area contributed by atoms with Crippen LogP contribution in [0.5, 0.6) is 11.5 Å². The van der Waals surface area contributed by atoms with Crippen molar-refractivity contribution in [3.8, 4) is 11.5 Å². The van der Waals surface area contributed by atoms with Crippen LogP contribution in [0.1, 0.15) is 42.7 Å². The standard InChI is InChI=1S/C16H23NO2/c1-18-14-7-8-15(19-2)16-12(9-17-10-13(14)16)11-5-3-4-6-11/h7-8,11-12,17H,3-6,9-10H2,1-2H3. The number of methoxy groups -OCH3 is 2. The summed E-state index contributed by atoms with van der Waals surface area (Å²) in [6.07, 6.45) is 5.46. The Kier molecular flexibility index (Phi) is 3.65. The Morgan fingerprint density at radius 2 is 1.74 bits per heavy atom. The van der Waals surface area contributed by atoms with Crippen LogP contribution in [0.2, 0.25) is 0 Å². The molecule has 0 amide bonds. The van der Waals surface area contributed by atoms with E-state index in [0.29, 0.717) is 5.92 Å². The molecule has 1 fully saturated rings. The summed E-state index contributed by atoms with van der Waals surface area (Å²) in [7, 11) is 3.52. The topological polar surface area (TPSA) is 30.5 Å². The number of nitrogens with one attached hydrogen (secondary N) is 1. The molecular weight excluding hydrogens is 238 g/mol. The van der Waals surface area contributed by atoms with E-state index < -0.39 is 0 Å². The SMILES string of the molecule is COc1ccc(OC)c2c1CNCC2C1CCCC1. The molecule has 1 aromatic rings. The van der Waals surface area contributed by atoms with Crippen molar-refractivity contribution in [2.24, 2.45) is 5.92 Å². The van der Waals surface area contributed by atoms with Crippen LogP contribution in [0, 0.1) is 5.92 Å². The third-order valence-electron chi connectivity index (χ3n) is 4.72. The Hall–Kier alpha value is -1.22. The zero-order valence-electron chi connectivity index (χ0n) is 11.9. The monoisotopic (exact) mass is 261 g/mol. The van der Waals surface area contributed by atoms with E-state index >= 15 is 0 Å². The summed E-state index contributed by atoms with van der Waals surface area (Å²) in [5.41, 5.74) is 2.69. The zero-order chi connectivity index (χ0) is 13.2. The molecule has 1 heterocycles. The Balaban J connectivity index is 2.05. The minimum Gasteiger partial charge on any atom is -0.496 e. The van der Waals surface area contributed by atoms with E-state index in [0.717, 1.165) is 30.5 Å². The number of ether oxygens (including phenoxy) is 2. The average molecular weight is 261 g/mol. The van der Waals surface area contributed by atoms with Gasteiger partial charge in [0.1, 0.15) is 11.5 Å². The van der Waals surface area contributed by atoms with E-state index in [1.165, 1.54) is 36.8 Å². The van der Waals surface area contributed by atoms with Crippen LogP contribution in [0.25, 0.3) is 0 Å². The Morgan fingerprint density at radius 1 is 1.05 bits per heavy atom.